The highest BCUT2D eigenvalue weighted by Crippen LogP contribution is 2.43. The lowest BCUT2D eigenvalue weighted by Gasteiger charge is -2.24. The summed E-state index contributed by atoms with van der Waals surface area (Å²) < 4.78 is 17.0. The van der Waals surface area contributed by atoms with Gasteiger partial charge >= 0.3 is 0 Å². The Morgan fingerprint density at radius 3 is 2.59 bits per heavy atom. The molecule has 6 rings (SSSR count). The number of anilines is 1. The van der Waals surface area contributed by atoms with Crippen molar-refractivity contribution in [1.82, 2.24) is 9.97 Å². The Kier molecular flexibility index (Phi) is 6.46. The van der Waals surface area contributed by atoms with E-state index in [1.54, 1.807) is 36.4 Å². The maximum atomic E-state index is 14.0. The average Bonchev–Trinajstić information content (AvgIpc) is 3.62. The third kappa shape index (κ3) is 4.58. The van der Waals surface area contributed by atoms with Crippen molar-refractivity contribution >= 4 is 51.2 Å². The van der Waals surface area contributed by atoms with Gasteiger partial charge < -0.3 is 24.0 Å². The van der Waals surface area contributed by atoms with Crippen molar-refractivity contribution in [3.8, 4) is 11.5 Å². The SMILES string of the molecule is COc1cc(Cl)cc2cc(C(=O)C3=C(O)C(=O)N(c4nc5ccc(C)cc5[nH]4)C3c3ccc(OC(C)C)cc3)oc12. The van der Waals surface area contributed by atoms with E-state index in [2.05, 4.69) is 9.97 Å². The summed E-state index contributed by atoms with van der Waals surface area (Å²) in [6, 6.07) is 16.4. The fraction of sp³-hybridized carbons (Fsp3) is 0.194. The number of Topliss-reactive ketones (excluding diaryl/α,β-unsaturated/α-hetero) is 1. The highest BCUT2D eigenvalue weighted by Gasteiger charge is 2.46. The van der Waals surface area contributed by atoms with E-state index in [0.29, 0.717) is 44.1 Å². The van der Waals surface area contributed by atoms with Gasteiger partial charge in [-0.15, -0.1) is 0 Å². The van der Waals surface area contributed by atoms with Gasteiger partial charge in [0, 0.05) is 16.5 Å². The largest absolute Gasteiger partial charge is 0.503 e. The summed E-state index contributed by atoms with van der Waals surface area (Å²) >= 11 is 6.21. The number of hydrogen-bond donors (Lipinski definition) is 2. The van der Waals surface area contributed by atoms with Gasteiger partial charge in [-0.3, -0.25) is 14.5 Å². The number of aryl methyl sites for hydroxylation is 1. The zero-order valence-corrected chi connectivity index (χ0v) is 23.4. The molecule has 2 aromatic heterocycles. The second-order valence-electron chi connectivity index (χ2n) is 10.1. The van der Waals surface area contributed by atoms with E-state index in [1.165, 1.54) is 18.1 Å². The molecule has 9 nitrogen and oxygen atoms in total. The van der Waals surface area contributed by atoms with Gasteiger partial charge in [0.2, 0.25) is 11.7 Å². The molecule has 10 heteroatoms. The lowest BCUT2D eigenvalue weighted by Crippen LogP contribution is -2.32. The van der Waals surface area contributed by atoms with E-state index in [-0.39, 0.29) is 23.4 Å². The molecule has 0 radical (unpaired) electrons. The monoisotopic (exact) mass is 571 g/mol. The molecule has 1 amide bonds. The van der Waals surface area contributed by atoms with E-state index in [1.807, 2.05) is 39.0 Å². The number of ketones is 1. The summed E-state index contributed by atoms with van der Waals surface area (Å²) in [4.78, 5) is 36.7. The zero-order valence-electron chi connectivity index (χ0n) is 22.7. The Labute approximate surface area is 239 Å². The minimum Gasteiger partial charge on any atom is -0.503 e. The topological polar surface area (TPSA) is 118 Å². The van der Waals surface area contributed by atoms with Crippen LogP contribution < -0.4 is 14.4 Å². The number of aromatic amines is 1. The Morgan fingerprint density at radius 1 is 1.12 bits per heavy atom. The maximum Gasteiger partial charge on any atom is 0.296 e. The number of methoxy groups -OCH3 is 1. The first-order chi connectivity index (χ1) is 19.6. The minimum absolute atomic E-state index is 0.0379. The summed E-state index contributed by atoms with van der Waals surface area (Å²) in [5.41, 5.74) is 3.10. The molecule has 41 heavy (non-hydrogen) atoms. The van der Waals surface area contributed by atoms with Crippen LogP contribution in [0.3, 0.4) is 0 Å². The third-order valence-corrected chi connectivity index (χ3v) is 7.08. The molecule has 1 unspecified atom stereocenters. The summed E-state index contributed by atoms with van der Waals surface area (Å²) in [7, 11) is 1.47. The standard InChI is InChI=1S/C31H26ClN3O6/c1-15(2)40-20-8-6-17(7-9-20)26-25(27(36)23-13-18-12-19(32)14-24(39-4)29(18)41-23)28(37)30(38)35(26)31-33-21-10-5-16(3)11-22(21)34-31/h5-15,26,37H,1-4H3,(H,33,34). The van der Waals surface area contributed by atoms with Gasteiger partial charge in [0.05, 0.1) is 35.9 Å². The summed E-state index contributed by atoms with van der Waals surface area (Å²) in [6.07, 6.45) is -0.0379. The van der Waals surface area contributed by atoms with Crippen LogP contribution in [0.5, 0.6) is 11.5 Å². The maximum absolute atomic E-state index is 14.0. The van der Waals surface area contributed by atoms with Crippen LogP contribution >= 0.6 is 11.6 Å². The van der Waals surface area contributed by atoms with Crippen molar-refractivity contribution in [2.45, 2.75) is 32.9 Å². The number of imidazole rings is 1. The van der Waals surface area contributed by atoms with Crippen molar-refractivity contribution in [3.63, 3.8) is 0 Å². The number of furan rings is 1. The lowest BCUT2D eigenvalue weighted by atomic mass is 9.95. The predicted octanol–water partition coefficient (Wildman–Crippen LogP) is 6.85. The number of nitrogens with one attached hydrogen (secondary N) is 1. The Bertz CT molecular complexity index is 1870. The van der Waals surface area contributed by atoms with Crippen LogP contribution in [0.15, 0.2) is 76.4 Å². The smallest absolute Gasteiger partial charge is 0.296 e. The van der Waals surface area contributed by atoms with Crippen LogP contribution in [0.25, 0.3) is 22.0 Å². The van der Waals surface area contributed by atoms with Gasteiger partial charge in [-0.25, -0.2) is 4.98 Å². The molecule has 208 valence electrons. The average molecular weight is 572 g/mol. The number of aliphatic hydroxyl groups excluding tert-OH is 1. The van der Waals surface area contributed by atoms with E-state index < -0.39 is 23.5 Å². The molecule has 1 aliphatic heterocycles. The van der Waals surface area contributed by atoms with Crippen LogP contribution in [-0.4, -0.2) is 40.0 Å². The predicted molar refractivity (Wildman–Crippen MR) is 155 cm³/mol. The van der Waals surface area contributed by atoms with Crippen molar-refractivity contribution in [1.29, 1.82) is 0 Å². The number of halogens is 1. The second-order valence-corrected chi connectivity index (χ2v) is 10.6. The van der Waals surface area contributed by atoms with E-state index in [4.69, 9.17) is 25.5 Å². The number of H-pyrrole nitrogens is 1. The Hall–Kier alpha value is -4.76. The van der Waals surface area contributed by atoms with Crippen LogP contribution in [0.1, 0.15) is 41.6 Å². The van der Waals surface area contributed by atoms with Crippen LogP contribution in [0, 0.1) is 6.92 Å². The van der Waals surface area contributed by atoms with Crippen LogP contribution in [0.2, 0.25) is 5.02 Å². The van der Waals surface area contributed by atoms with Gasteiger partial charge in [-0.1, -0.05) is 29.8 Å². The first-order valence-corrected chi connectivity index (χ1v) is 13.3. The summed E-state index contributed by atoms with van der Waals surface area (Å²) in [5, 5.41) is 12.1. The molecule has 1 atom stereocenters. The van der Waals surface area contributed by atoms with Crippen molar-refractivity contribution < 1.29 is 28.6 Å². The van der Waals surface area contributed by atoms with Gasteiger partial charge in [0.1, 0.15) is 5.75 Å². The minimum atomic E-state index is -1.01. The van der Waals surface area contributed by atoms with E-state index >= 15 is 0 Å². The number of aliphatic hydroxyl groups is 1. The molecule has 5 aromatic rings. The number of hydrogen-bond acceptors (Lipinski definition) is 7. The lowest BCUT2D eigenvalue weighted by molar-refractivity contribution is -0.117. The third-order valence-electron chi connectivity index (χ3n) is 6.86. The van der Waals surface area contributed by atoms with Gasteiger partial charge in [-0.05, 0) is 68.3 Å². The van der Waals surface area contributed by atoms with Gasteiger partial charge in [0.15, 0.2) is 22.9 Å². The summed E-state index contributed by atoms with van der Waals surface area (Å²) in [6.45, 7) is 5.79. The molecule has 0 saturated carbocycles. The molecule has 3 heterocycles. The van der Waals surface area contributed by atoms with E-state index in [0.717, 1.165) is 5.56 Å². The fourth-order valence-electron chi connectivity index (χ4n) is 5.08. The normalized spacial score (nSPS) is 15.5. The molecule has 0 aliphatic carbocycles. The Morgan fingerprint density at radius 2 is 1.88 bits per heavy atom. The number of ether oxygens (including phenoxy) is 2. The number of nitrogens with zero attached hydrogens (tertiary/aromatic N) is 2. The number of aromatic nitrogens is 2. The second kappa shape index (κ2) is 10.0. The van der Waals surface area contributed by atoms with Gasteiger partial charge in [-0.2, -0.15) is 0 Å². The van der Waals surface area contributed by atoms with Crippen molar-refractivity contribution in [2.24, 2.45) is 0 Å². The molecular weight excluding hydrogens is 546 g/mol. The van der Waals surface area contributed by atoms with Crippen molar-refractivity contribution in [2.75, 3.05) is 12.0 Å². The van der Waals surface area contributed by atoms with E-state index in [9.17, 15) is 14.7 Å². The number of fused-ring (bicyclic) bond motifs is 2. The zero-order chi connectivity index (χ0) is 29.0. The molecule has 3 aromatic carbocycles. The summed E-state index contributed by atoms with van der Waals surface area (Å²) in [5.74, 6) is -1.03. The number of carbonyl (C=O) groups is 2. The van der Waals surface area contributed by atoms with Gasteiger partial charge in [0.25, 0.3) is 5.91 Å². The Balaban J connectivity index is 1.49. The number of benzene rings is 3. The first kappa shape index (κ1) is 26.5. The molecule has 0 saturated heterocycles. The molecule has 2 N–H and O–H groups in total. The quantitative estimate of drug-likeness (QED) is 0.205. The van der Waals surface area contributed by atoms with Crippen LogP contribution in [-0.2, 0) is 4.79 Å². The molecular formula is C31H26ClN3O6. The number of carbonyl (C=O) groups excluding carboxylic acids is 2. The van der Waals surface area contributed by atoms with Crippen LogP contribution in [0.4, 0.5) is 5.95 Å². The highest BCUT2D eigenvalue weighted by molar-refractivity contribution is 6.31. The molecule has 0 fully saturated rings. The molecule has 1 aliphatic rings. The highest BCUT2D eigenvalue weighted by atomic mass is 35.5. The fourth-order valence-corrected chi connectivity index (χ4v) is 5.29. The molecule has 0 spiro atoms. The van der Waals surface area contributed by atoms with Crippen molar-refractivity contribution in [3.05, 3.63) is 93.9 Å². The first-order valence-electron chi connectivity index (χ1n) is 13.0. The number of amides is 1. The number of rotatable bonds is 7. The molecule has 0 bridgehead atoms.